The van der Waals surface area contributed by atoms with E-state index in [2.05, 4.69) is 96.9 Å². The van der Waals surface area contributed by atoms with Crippen molar-refractivity contribution in [3.63, 3.8) is 0 Å². The van der Waals surface area contributed by atoms with Crippen LogP contribution in [0.5, 0.6) is 0 Å². The molecule has 18 heteroatoms. The number of carbonyl (C=O) groups excluding carboxylic acids is 1. The first-order valence-electron chi connectivity index (χ1n) is 29.9. The fraction of sp³-hybridized carbons (Fsp3) is 0.471. The molecular weight excluding hydrogens is 1100 g/mol. The number of aliphatic hydroxyl groups excluding tert-OH is 3. The van der Waals surface area contributed by atoms with Crippen LogP contribution in [0.3, 0.4) is 0 Å². The van der Waals surface area contributed by atoms with E-state index in [-0.39, 0.29) is 57.6 Å². The van der Waals surface area contributed by atoms with E-state index in [0.29, 0.717) is 41.0 Å². The van der Waals surface area contributed by atoms with Gasteiger partial charge in [0.2, 0.25) is 5.69 Å². The lowest BCUT2D eigenvalue weighted by Gasteiger charge is -2.25. The molecule has 0 bridgehead atoms. The first-order chi connectivity index (χ1) is 40.6. The highest BCUT2D eigenvalue weighted by Crippen LogP contribution is 2.41. The summed E-state index contributed by atoms with van der Waals surface area (Å²) in [6.07, 6.45) is 23.2. The van der Waals surface area contributed by atoms with Crippen molar-refractivity contribution in [2.75, 3.05) is 0 Å². The lowest BCUT2D eigenvalue weighted by Crippen LogP contribution is -2.28. The van der Waals surface area contributed by atoms with Crippen LogP contribution in [-0.4, -0.2) is 74.9 Å². The van der Waals surface area contributed by atoms with E-state index in [1.165, 1.54) is 12.1 Å². The minimum atomic E-state index is -0.863. The highest BCUT2D eigenvalue weighted by molar-refractivity contribution is 5.95. The molecule has 0 radical (unpaired) electrons. The Balaban J connectivity index is 0.000000147. The van der Waals surface area contributed by atoms with Gasteiger partial charge >= 0.3 is 0 Å². The molecule has 0 spiro atoms. The Morgan fingerprint density at radius 3 is 1.23 bits per heavy atom. The Labute approximate surface area is 502 Å². The molecule has 454 valence electrons. The van der Waals surface area contributed by atoms with Gasteiger partial charge in [0.05, 0.1) is 88.2 Å². The number of benzene rings is 3. The minimum absolute atomic E-state index is 0.0119. The van der Waals surface area contributed by atoms with E-state index in [0.717, 1.165) is 140 Å². The summed E-state index contributed by atoms with van der Waals surface area (Å²) in [6, 6.07) is 8.85. The Morgan fingerprint density at radius 1 is 0.547 bits per heavy atom. The van der Waals surface area contributed by atoms with E-state index in [4.69, 9.17) is 29.7 Å². The van der Waals surface area contributed by atoms with Crippen LogP contribution in [0.4, 0.5) is 28.9 Å². The van der Waals surface area contributed by atoms with Crippen LogP contribution in [0.2, 0.25) is 0 Å². The van der Waals surface area contributed by atoms with Crippen LogP contribution in [0.15, 0.2) is 54.6 Å². The number of nitrogens with two attached hydrogens (primary N) is 2. The smallest absolute Gasteiger partial charge is 0.256 e. The van der Waals surface area contributed by atoms with Crippen molar-refractivity contribution in [3.05, 3.63) is 168 Å². The Morgan fingerprint density at radius 2 is 0.895 bits per heavy atom. The summed E-state index contributed by atoms with van der Waals surface area (Å²) in [5.74, 6) is -3.55. The largest absolute Gasteiger partial charge is 0.393 e. The topological polar surface area (TPSA) is 192 Å². The molecule has 0 saturated heterocycles. The average Bonchev–Trinajstić information content (AvgIpc) is 1.69. The number of hydrogen-bond acceptors (Lipinski definition) is 8. The number of fused-ring (bicyclic) bond motifs is 3. The predicted octanol–water partition coefficient (Wildman–Crippen LogP) is 13.4. The fourth-order valence-corrected chi connectivity index (χ4v) is 13.0. The summed E-state index contributed by atoms with van der Waals surface area (Å²) >= 11 is 0. The summed E-state index contributed by atoms with van der Waals surface area (Å²) in [7, 11) is 0. The van der Waals surface area contributed by atoms with E-state index < -0.39 is 41.0 Å². The second kappa shape index (κ2) is 25.1. The SMILES string of the molecule is Cc1nn(-c2cc(F)c(C(N)=O)c(C[C@H]3CCC[C@@H]3O)c2)c2c1C=CC(C)(C)C2.N[C@H]1CCC[C@@H]1O.[C-]#[N+]c1c(F)cc(-n2nc(C)c3c2CC(C)(C)C=C3)cc1C[C@H]1CCC[C@@H]1O.[C-]#[N+]c1c(F)cc(-n2nc(C)c3c2CC(C)(C)C=C3)cc1F. The van der Waals surface area contributed by atoms with Gasteiger partial charge in [-0.2, -0.15) is 15.3 Å². The van der Waals surface area contributed by atoms with Crippen LogP contribution in [0, 0.1) is 85.3 Å². The van der Waals surface area contributed by atoms with Crippen LogP contribution < -0.4 is 11.5 Å². The lowest BCUT2D eigenvalue weighted by molar-refractivity contribution is 0.0992. The first-order valence-corrected chi connectivity index (χ1v) is 29.9. The molecular formula is C68H80F4N10O4. The van der Waals surface area contributed by atoms with Crippen LogP contribution in [0.25, 0.3) is 45.0 Å². The van der Waals surface area contributed by atoms with Gasteiger partial charge in [0.25, 0.3) is 11.6 Å². The van der Waals surface area contributed by atoms with Gasteiger partial charge in [-0.1, -0.05) is 90.8 Å². The molecule has 3 saturated carbocycles. The van der Waals surface area contributed by atoms with Crippen LogP contribution in [0.1, 0.15) is 172 Å². The molecule has 1 amide bonds. The van der Waals surface area contributed by atoms with Gasteiger partial charge < -0.3 is 26.8 Å². The summed E-state index contributed by atoms with van der Waals surface area (Å²) in [6.45, 7) is 32.9. The summed E-state index contributed by atoms with van der Waals surface area (Å²) in [4.78, 5) is 18.3. The third kappa shape index (κ3) is 13.5. The zero-order valence-electron chi connectivity index (χ0n) is 50.8. The quantitative estimate of drug-likeness (QED) is 0.0734. The Hall–Kier alpha value is -7.48. The van der Waals surface area contributed by atoms with Gasteiger partial charge in [0.1, 0.15) is 23.3 Å². The van der Waals surface area contributed by atoms with Crippen molar-refractivity contribution < 1.29 is 37.7 Å². The van der Waals surface area contributed by atoms with Gasteiger partial charge in [-0.25, -0.2) is 41.3 Å². The minimum Gasteiger partial charge on any atom is -0.393 e. The van der Waals surface area contributed by atoms with E-state index in [1.54, 1.807) is 9.36 Å². The normalized spacial score (nSPS) is 22.5. The predicted molar refractivity (Wildman–Crippen MR) is 327 cm³/mol. The Bertz CT molecular complexity index is 3730. The number of aryl methyl sites for hydroxylation is 3. The highest BCUT2D eigenvalue weighted by Gasteiger charge is 2.33. The third-order valence-corrected chi connectivity index (χ3v) is 17.8. The molecule has 6 aromatic rings. The molecule has 12 rings (SSSR count). The standard InChI is InChI=1S/C23H28FN3O2.C23H26FN3O.C17H15F2N3.C5H11NO/c1-13-17-7-8-23(2,3)12-19(17)27(26-13)16-10-15(9-14-5-4-6-20(14)28)21(22(25)29)18(24)11-16;1-14-18-8-9-23(2,3)13-20(18)27(26-14)17-11-16(22(25-4)19(24)12-17)10-15-6-5-7-21(15)28;1-10-12-5-6-17(2,3)9-15(12)22(21-10)11-7-13(18)16(20-4)14(19)8-11;6-4-2-1-3-5(4)7/h7-8,10-11,14,20,28H,4-6,9,12H2,1-3H3,(H2,25,29);8-9,11-12,15,21,28H,5-7,10,13H2,1-3H3;5-8H,9H2,1-3H3;4-5,7H,1-3,6H2/t14-,20+;15-,21+;;4-,5-/m11.0/s1. The van der Waals surface area contributed by atoms with Crippen molar-refractivity contribution in [2.24, 2.45) is 39.5 Å². The number of carbonyl (C=O) groups is 1. The average molecular weight is 1180 g/mol. The second-order valence-electron chi connectivity index (χ2n) is 26.4. The van der Waals surface area contributed by atoms with Crippen LogP contribution in [-0.2, 0) is 32.1 Å². The van der Waals surface area contributed by atoms with Crippen molar-refractivity contribution in [1.82, 2.24) is 29.3 Å². The summed E-state index contributed by atoms with van der Waals surface area (Å²) in [5.41, 5.74) is 21.9. The molecule has 0 aliphatic heterocycles. The maximum Gasteiger partial charge on any atom is 0.256 e. The maximum atomic E-state index is 15.0. The summed E-state index contributed by atoms with van der Waals surface area (Å²) < 4.78 is 62.8. The molecule has 86 heavy (non-hydrogen) atoms. The molecule has 3 fully saturated rings. The van der Waals surface area contributed by atoms with Crippen molar-refractivity contribution in [1.29, 1.82) is 0 Å². The fourth-order valence-electron chi connectivity index (χ4n) is 13.0. The number of aliphatic hydroxyl groups is 3. The number of rotatable bonds is 8. The second-order valence-corrected chi connectivity index (χ2v) is 26.4. The van der Waals surface area contributed by atoms with E-state index >= 15 is 0 Å². The summed E-state index contributed by atoms with van der Waals surface area (Å²) in [5, 5.41) is 43.1. The van der Waals surface area contributed by atoms with Gasteiger partial charge in [-0.15, -0.1) is 0 Å². The zero-order chi connectivity index (χ0) is 62.3. The number of halogens is 4. The lowest BCUT2D eigenvalue weighted by atomic mass is 9.82. The van der Waals surface area contributed by atoms with E-state index in [1.807, 2.05) is 43.7 Å². The Kier molecular flexibility index (Phi) is 18.4. The number of hydrogen-bond donors (Lipinski definition) is 5. The van der Waals surface area contributed by atoms with Crippen molar-refractivity contribution in [2.45, 2.75) is 177 Å². The molecule has 6 aliphatic carbocycles. The molecule has 7 N–H and O–H groups in total. The van der Waals surface area contributed by atoms with Gasteiger partial charge in [0.15, 0.2) is 0 Å². The van der Waals surface area contributed by atoms with Crippen molar-refractivity contribution >= 4 is 35.5 Å². The number of amides is 1. The monoisotopic (exact) mass is 1180 g/mol. The number of aromatic nitrogens is 6. The zero-order valence-corrected chi connectivity index (χ0v) is 50.8. The molecule has 6 aliphatic rings. The number of allylic oxidation sites excluding steroid dienone is 3. The molecule has 3 heterocycles. The molecule has 6 atom stereocenters. The molecule has 3 aromatic carbocycles. The number of nitrogens with zero attached hydrogens (tertiary/aromatic N) is 8. The van der Waals surface area contributed by atoms with Crippen molar-refractivity contribution in [3.8, 4) is 17.1 Å². The molecule has 3 aromatic heterocycles. The highest BCUT2D eigenvalue weighted by atomic mass is 19.1. The third-order valence-electron chi connectivity index (χ3n) is 17.8. The van der Waals surface area contributed by atoms with E-state index in [9.17, 15) is 32.6 Å². The maximum absolute atomic E-state index is 15.0. The van der Waals surface area contributed by atoms with Gasteiger partial charge in [-0.3, -0.25) is 4.79 Å². The van der Waals surface area contributed by atoms with Gasteiger partial charge in [0, 0.05) is 28.8 Å². The van der Waals surface area contributed by atoms with Gasteiger partial charge in [-0.05, 0) is 167 Å². The van der Waals surface area contributed by atoms with Crippen LogP contribution >= 0.6 is 0 Å². The number of primary amides is 1. The molecule has 0 unspecified atom stereocenters. The molecule has 14 nitrogen and oxygen atoms in total. The first kappa shape index (κ1) is 63.0.